The Morgan fingerprint density at radius 1 is 0.918 bits per heavy atom. The lowest BCUT2D eigenvalue weighted by molar-refractivity contribution is -0.144. The summed E-state index contributed by atoms with van der Waals surface area (Å²) in [6, 6.07) is 10.3. The number of halogens is 8. The lowest BCUT2D eigenvalue weighted by atomic mass is 9.97. The lowest BCUT2D eigenvalue weighted by Gasteiger charge is -2.23. The van der Waals surface area contributed by atoms with Crippen LogP contribution in [0.1, 0.15) is 38.8 Å². The number of fused-ring (bicyclic) bond motifs is 1. The Hall–Kier alpha value is -5.98. The van der Waals surface area contributed by atoms with Crippen molar-refractivity contribution < 1.29 is 49.8 Å². The first-order chi connectivity index (χ1) is 23.1. The Bertz CT molecular complexity index is 2070. The molecule has 8 nitrogen and oxygen atoms in total. The van der Waals surface area contributed by atoms with Crippen molar-refractivity contribution >= 4 is 23.2 Å². The third-order valence-electron chi connectivity index (χ3n) is 7.43. The van der Waals surface area contributed by atoms with Gasteiger partial charge in [0, 0.05) is 35.8 Å². The zero-order valence-electron chi connectivity index (χ0n) is 24.6. The fourth-order valence-corrected chi connectivity index (χ4v) is 5.21. The molecule has 0 saturated heterocycles. The molecule has 0 aliphatic carbocycles. The van der Waals surface area contributed by atoms with Crippen LogP contribution in [0.4, 0.5) is 40.8 Å². The number of nitriles is 1. The predicted octanol–water partition coefficient (Wildman–Crippen LogP) is 7.31. The Kier molecular flexibility index (Phi) is 9.30. The minimum atomic E-state index is -4.87. The molecular formula is C33H21F8N5O3. The van der Waals surface area contributed by atoms with Crippen molar-refractivity contribution in [2.75, 3.05) is 5.32 Å². The van der Waals surface area contributed by atoms with Gasteiger partial charge in [-0.1, -0.05) is 36.4 Å². The number of rotatable bonds is 9. The minimum Gasteiger partial charge on any atom is -0.480 e. The Balaban J connectivity index is 1.41. The van der Waals surface area contributed by atoms with Crippen LogP contribution < -0.4 is 10.6 Å². The van der Waals surface area contributed by atoms with Crippen LogP contribution in [0.25, 0.3) is 16.8 Å². The number of hydrogen-bond donors (Lipinski definition) is 3. The molecule has 2 heterocycles. The highest BCUT2D eigenvalue weighted by Crippen LogP contribution is 2.39. The van der Waals surface area contributed by atoms with E-state index < -0.39 is 71.2 Å². The first-order valence-corrected chi connectivity index (χ1v) is 14.1. The Morgan fingerprint density at radius 2 is 1.57 bits per heavy atom. The molecule has 1 amide bonds. The smallest absolute Gasteiger partial charge is 0.417 e. The number of anilines is 1. The molecule has 3 N–H and O–H groups in total. The number of hydrogen-bond acceptors (Lipinski definition) is 5. The molecule has 0 fully saturated rings. The van der Waals surface area contributed by atoms with Crippen molar-refractivity contribution in [2.45, 2.75) is 30.9 Å². The van der Waals surface area contributed by atoms with Crippen molar-refractivity contribution in [3.05, 3.63) is 125 Å². The number of carbonyl (C=O) groups excluding carboxylic acids is 1. The lowest BCUT2D eigenvalue weighted by Crippen LogP contribution is -2.43. The van der Waals surface area contributed by atoms with Crippen molar-refractivity contribution in [1.29, 1.82) is 5.26 Å². The summed E-state index contributed by atoms with van der Waals surface area (Å²) in [5.74, 6) is -6.34. The van der Waals surface area contributed by atoms with Crippen LogP contribution in [0.5, 0.6) is 0 Å². The van der Waals surface area contributed by atoms with E-state index in [1.165, 1.54) is 53.2 Å². The van der Waals surface area contributed by atoms with E-state index in [0.717, 1.165) is 18.2 Å². The maximum Gasteiger partial charge on any atom is 0.417 e. The van der Waals surface area contributed by atoms with E-state index in [4.69, 9.17) is 5.26 Å². The second-order valence-electron chi connectivity index (χ2n) is 10.6. The largest absolute Gasteiger partial charge is 0.480 e. The molecular weight excluding hydrogens is 666 g/mol. The number of pyridine rings is 1. The van der Waals surface area contributed by atoms with E-state index in [1.54, 1.807) is 6.07 Å². The topological polar surface area (TPSA) is 120 Å². The molecule has 0 saturated carbocycles. The Labute approximate surface area is 271 Å². The molecule has 3 aromatic carbocycles. The summed E-state index contributed by atoms with van der Waals surface area (Å²) in [5.41, 5.74) is -3.75. The zero-order valence-corrected chi connectivity index (χ0v) is 24.6. The van der Waals surface area contributed by atoms with Crippen molar-refractivity contribution in [1.82, 2.24) is 14.7 Å². The molecule has 0 radical (unpaired) electrons. The van der Waals surface area contributed by atoms with Crippen LogP contribution in [-0.4, -0.2) is 38.6 Å². The number of nitrogens with zero attached hydrogens (tertiary/aromatic N) is 3. The summed E-state index contributed by atoms with van der Waals surface area (Å²) in [6.07, 6.45) is -7.71. The second kappa shape index (κ2) is 13.3. The van der Waals surface area contributed by atoms with Crippen molar-refractivity contribution in [3.63, 3.8) is 0 Å². The molecule has 2 atom stereocenters. The van der Waals surface area contributed by atoms with E-state index in [1.807, 2.05) is 10.6 Å². The van der Waals surface area contributed by atoms with Gasteiger partial charge in [-0.25, -0.2) is 18.6 Å². The molecule has 49 heavy (non-hydrogen) atoms. The molecule has 0 aliphatic heterocycles. The highest BCUT2D eigenvalue weighted by atomic mass is 19.4. The average Bonchev–Trinajstić information content (AvgIpc) is 3.53. The molecule has 0 aliphatic rings. The van der Waals surface area contributed by atoms with E-state index >= 15 is 8.78 Å². The number of carboxylic acid groups (broad SMARTS) is 1. The predicted molar refractivity (Wildman–Crippen MR) is 158 cm³/mol. The van der Waals surface area contributed by atoms with Gasteiger partial charge in [0.1, 0.15) is 34.9 Å². The van der Waals surface area contributed by atoms with E-state index in [-0.39, 0.29) is 33.6 Å². The summed E-state index contributed by atoms with van der Waals surface area (Å²) in [6.45, 7) is 0. The number of carbonyl (C=O) groups is 2. The number of alkyl halides is 6. The van der Waals surface area contributed by atoms with Crippen molar-refractivity contribution in [2.24, 2.45) is 0 Å². The van der Waals surface area contributed by atoms with Gasteiger partial charge in [-0.05, 0) is 47.5 Å². The number of aromatic nitrogens is 2. The van der Waals surface area contributed by atoms with Gasteiger partial charge >= 0.3 is 18.3 Å². The molecule has 252 valence electrons. The standard InChI is InChI=1S/C33H21F8N5O3/c34-24-13-19(44-28(33(39,40)41)18-4-2-1-3-5-18)14-25(35)27(24)30(47)45-26(31(48)49)15-20-7-9-22(29-43-10-11-46(20)29)21-8-6-17(16-42)12-23(21)32(36,37)38/h1-14,26,28,44H,15H2,(H,45,47)(H,48,49)/t26-,28?/m0/s1. The third kappa shape index (κ3) is 7.30. The van der Waals surface area contributed by atoms with Gasteiger partial charge in [0.25, 0.3) is 5.91 Å². The summed E-state index contributed by atoms with van der Waals surface area (Å²) in [5, 5.41) is 22.9. The second-order valence-corrected chi connectivity index (χ2v) is 10.6. The number of amides is 1. The van der Waals surface area contributed by atoms with Crippen LogP contribution in [0.2, 0.25) is 0 Å². The van der Waals surface area contributed by atoms with Crippen LogP contribution in [0, 0.1) is 23.0 Å². The summed E-state index contributed by atoms with van der Waals surface area (Å²) < 4.78 is 114. The summed E-state index contributed by atoms with van der Waals surface area (Å²) in [7, 11) is 0. The van der Waals surface area contributed by atoms with Gasteiger partial charge in [0.2, 0.25) is 0 Å². The number of nitrogens with one attached hydrogen (secondary N) is 2. The number of carboxylic acids is 1. The normalized spacial score (nSPS) is 13.0. The fraction of sp³-hybridized carbons (Fsp3) is 0.152. The third-order valence-corrected chi connectivity index (χ3v) is 7.43. The molecule has 16 heteroatoms. The van der Waals surface area contributed by atoms with Gasteiger partial charge in [-0.2, -0.15) is 31.6 Å². The molecule has 1 unspecified atom stereocenters. The summed E-state index contributed by atoms with van der Waals surface area (Å²) in [4.78, 5) is 29.2. The quantitative estimate of drug-likeness (QED) is 0.140. The number of aliphatic carboxylic acids is 1. The van der Waals surface area contributed by atoms with Gasteiger partial charge in [0.05, 0.1) is 17.2 Å². The first-order valence-electron chi connectivity index (χ1n) is 14.1. The van der Waals surface area contributed by atoms with Crippen LogP contribution in [-0.2, 0) is 17.4 Å². The monoisotopic (exact) mass is 687 g/mol. The number of imidazole rings is 1. The van der Waals surface area contributed by atoms with Crippen molar-refractivity contribution in [3.8, 4) is 17.2 Å². The first kappa shape index (κ1) is 34.4. The van der Waals surface area contributed by atoms with Crippen LogP contribution in [0.15, 0.2) is 85.2 Å². The highest BCUT2D eigenvalue weighted by Gasteiger charge is 2.41. The maximum absolute atomic E-state index is 15.0. The van der Waals surface area contributed by atoms with Gasteiger partial charge < -0.3 is 20.1 Å². The van der Waals surface area contributed by atoms with Crippen LogP contribution >= 0.6 is 0 Å². The summed E-state index contributed by atoms with van der Waals surface area (Å²) >= 11 is 0. The zero-order chi connectivity index (χ0) is 35.7. The van der Waals surface area contributed by atoms with Crippen LogP contribution in [0.3, 0.4) is 0 Å². The van der Waals surface area contributed by atoms with Gasteiger partial charge in [0.15, 0.2) is 0 Å². The molecule has 0 bridgehead atoms. The molecule has 0 spiro atoms. The average molecular weight is 688 g/mol. The van der Waals surface area contributed by atoms with E-state index in [0.29, 0.717) is 18.2 Å². The van der Waals surface area contributed by atoms with E-state index in [9.17, 15) is 41.0 Å². The molecule has 5 rings (SSSR count). The SMILES string of the molecule is N#Cc1ccc(-c2ccc(C[C@H](NC(=O)c3c(F)cc(NC(c4ccccc4)C(F)(F)F)cc3F)C(=O)O)n3ccnc23)c(C(F)(F)F)c1. The van der Waals surface area contributed by atoms with Gasteiger partial charge in [-0.15, -0.1) is 0 Å². The minimum absolute atomic E-state index is 0.0145. The Morgan fingerprint density at radius 3 is 2.16 bits per heavy atom. The number of benzene rings is 3. The fourth-order valence-electron chi connectivity index (χ4n) is 5.21. The molecule has 5 aromatic rings. The molecule has 2 aromatic heterocycles. The maximum atomic E-state index is 15.0. The van der Waals surface area contributed by atoms with Gasteiger partial charge in [-0.3, -0.25) is 4.79 Å². The van der Waals surface area contributed by atoms with E-state index in [2.05, 4.69) is 4.98 Å². The highest BCUT2D eigenvalue weighted by molar-refractivity contribution is 5.97.